The predicted octanol–water partition coefficient (Wildman–Crippen LogP) is 6.43. The van der Waals surface area contributed by atoms with Crippen molar-refractivity contribution >= 4 is 40.4 Å². The lowest BCUT2D eigenvalue weighted by Gasteiger charge is -2.27. The molecule has 35 heavy (non-hydrogen) atoms. The molecule has 4 rings (SSSR count). The number of hydrogen-bond donors (Lipinski definition) is 1. The summed E-state index contributed by atoms with van der Waals surface area (Å²) in [5, 5.41) is 11.8. The van der Waals surface area contributed by atoms with Crippen molar-refractivity contribution in [1.29, 1.82) is 0 Å². The number of carbonyl (C=O) groups is 2. The van der Waals surface area contributed by atoms with Gasteiger partial charge in [0, 0.05) is 35.1 Å². The van der Waals surface area contributed by atoms with Gasteiger partial charge < -0.3 is 10.0 Å². The van der Waals surface area contributed by atoms with Crippen LogP contribution >= 0.6 is 11.6 Å². The number of Topliss-reactive ketones (excluding diaryl/α,β-unsaturated/α-hetero) is 1. The van der Waals surface area contributed by atoms with E-state index in [4.69, 9.17) is 11.6 Å². The van der Waals surface area contributed by atoms with Gasteiger partial charge in [0.15, 0.2) is 0 Å². The normalized spacial score (nSPS) is 17.2. The third kappa shape index (κ3) is 4.56. The third-order valence-electron chi connectivity index (χ3n) is 6.67. The van der Waals surface area contributed by atoms with Gasteiger partial charge in [-0.1, -0.05) is 29.8 Å². The summed E-state index contributed by atoms with van der Waals surface area (Å²) in [6.07, 6.45) is 0. The molecule has 3 aromatic rings. The van der Waals surface area contributed by atoms with E-state index in [1.54, 1.807) is 24.3 Å². The summed E-state index contributed by atoms with van der Waals surface area (Å²) in [7, 11) is 0. The van der Waals surface area contributed by atoms with Crippen molar-refractivity contribution in [3.63, 3.8) is 0 Å². The van der Waals surface area contributed by atoms with Crippen LogP contribution in [0.25, 0.3) is 5.76 Å². The van der Waals surface area contributed by atoms with E-state index < -0.39 is 17.7 Å². The van der Waals surface area contributed by atoms with Crippen molar-refractivity contribution < 1.29 is 14.7 Å². The van der Waals surface area contributed by atoms with Gasteiger partial charge in [0.25, 0.3) is 11.7 Å². The fourth-order valence-electron chi connectivity index (χ4n) is 4.51. The Morgan fingerprint density at radius 2 is 1.54 bits per heavy atom. The van der Waals surface area contributed by atoms with Crippen molar-refractivity contribution in [1.82, 2.24) is 0 Å². The van der Waals surface area contributed by atoms with Crippen LogP contribution in [0.4, 0.5) is 11.4 Å². The second-order valence-electron chi connectivity index (χ2n) is 8.71. The number of carbonyl (C=O) groups excluding carboxylic acids is 2. The minimum absolute atomic E-state index is 0.0612. The van der Waals surface area contributed by atoms with Gasteiger partial charge in [-0.05, 0) is 92.9 Å². The Morgan fingerprint density at radius 1 is 0.914 bits per heavy atom. The van der Waals surface area contributed by atoms with E-state index in [-0.39, 0.29) is 11.3 Å². The number of aliphatic hydroxyl groups excluding tert-OH is 1. The van der Waals surface area contributed by atoms with E-state index in [9.17, 15) is 14.7 Å². The molecule has 180 valence electrons. The number of halogens is 1. The number of aryl methyl sites for hydroxylation is 2. The minimum Gasteiger partial charge on any atom is -0.507 e. The highest BCUT2D eigenvalue weighted by Gasteiger charge is 2.47. The third-order valence-corrected chi connectivity index (χ3v) is 6.92. The van der Waals surface area contributed by atoms with Gasteiger partial charge in [-0.2, -0.15) is 0 Å². The first-order valence-corrected chi connectivity index (χ1v) is 12.1. The summed E-state index contributed by atoms with van der Waals surface area (Å²) in [5.74, 6) is -1.60. The van der Waals surface area contributed by atoms with Crippen LogP contribution in [0.1, 0.15) is 42.1 Å². The molecule has 0 bridgehead atoms. The number of rotatable bonds is 6. The zero-order chi connectivity index (χ0) is 25.3. The van der Waals surface area contributed by atoms with Crippen LogP contribution in [0.5, 0.6) is 0 Å². The summed E-state index contributed by atoms with van der Waals surface area (Å²) < 4.78 is 0. The van der Waals surface area contributed by atoms with E-state index in [0.717, 1.165) is 35.5 Å². The van der Waals surface area contributed by atoms with Gasteiger partial charge >= 0.3 is 0 Å². The number of hydrogen-bond acceptors (Lipinski definition) is 4. The van der Waals surface area contributed by atoms with Crippen LogP contribution in [-0.2, 0) is 9.59 Å². The van der Waals surface area contributed by atoms with Crippen LogP contribution in [0.15, 0.2) is 72.3 Å². The Balaban J connectivity index is 1.90. The van der Waals surface area contributed by atoms with Crippen LogP contribution in [0.2, 0.25) is 5.02 Å². The highest BCUT2D eigenvalue weighted by atomic mass is 35.5. The first-order valence-electron chi connectivity index (χ1n) is 11.8. The molecule has 6 heteroatoms. The number of amides is 1. The zero-order valence-electron chi connectivity index (χ0n) is 20.4. The van der Waals surface area contributed by atoms with Crippen molar-refractivity contribution in [2.75, 3.05) is 22.9 Å². The number of ketones is 1. The topological polar surface area (TPSA) is 60.9 Å². The summed E-state index contributed by atoms with van der Waals surface area (Å²) in [6, 6.07) is 19.3. The van der Waals surface area contributed by atoms with Gasteiger partial charge in [0.1, 0.15) is 5.76 Å². The van der Waals surface area contributed by atoms with E-state index in [1.807, 2.05) is 56.3 Å². The molecule has 0 aliphatic carbocycles. The average molecular weight is 489 g/mol. The van der Waals surface area contributed by atoms with Gasteiger partial charge in [-0.3, -0.25) is 14.5 Å². The Bertz CT molecular complexity index is 1290. The molecule has 3 aromatic carbocycles. The molecule has 1 aliphatic rings. The molecular weight excluding hydrogens is 460 g/mol. The molecule has 0 saturated carbocycles. The fraction of sp³-hybridized carbons (Fsp3) is 0.241. The minimum atomic E-state index is -0.765. The standard InChI is InChI=1S/C29H29ClN2O3/c1-5-31(6-2)23-15-10-20(11-16-23)26-25(27(33)21-8-12-22(30)13-9-21)28(34)29(35)32(26)24-14-7-18(3)19(4)17-24/h7-17,26,33H,5-6H2,1-4H3/b27-25+. The molecule has 1 unspecified atom stereocenters. The van der Waals surface area contributed by atoms with Crippen LogP contribution in [0.3, 0.4) is 0 Å². The van der Waals surface area contributed by atoms with Gasteiger partial charge in [-0.15, -0.1) is 0 Å². The summed E-state index contributed by atoms with van der Waals surface area (Å²) in [5.41, 5.74) is 5.00. The van der Waals surface area contributed by atoms with Gasteiger partial charge in [-0.25, -0.2) is 0 Å². The van der Waals surface area contributed by atoms with Gasteiger partial charge in [0.2, 0.25) is 0 Å². The molecule has 1 amide bonds. The summed E-state index contributed by atoms with van der Waals surface area (Å²) in [4.78, 5) is 30.4. The van der Waals surface area contributed by atoms with Gasteiger partial charge in [0.05, 0.1) is 11.6 Å². The Kier molecular flexibility index (Phi) is 6.99. The SMILES string of the molecule is CCN(CC)c1ccc(C2/C(=C(\O)c3ccc(Cl)cc3)C(=O)C(=O)N2c2ccc(C)c(C)c2)cc1. The smallest absolute Gasteiger partial charge is 0.300 e. The van der Waals surface area contributed by atoms with E-state index in [0.29, 0.717) is 16.3 Å². The molecule has 0 radical (unpaired) electrons. The van der Waals surface area contributed by atoms with Crippen molar-refractivity contribution in [2.45, 2.75) is 33.7 Å². The Hall–Kier alpha value is -3.57. The number of nitrogens with zero attached hydrogens (tertiary/aromatic N) is 2. The maximum atomic E-state index is 13.4. The Labute approximate surface area is 211 Å². The molecule has 1 atom stereocenters. The van der Waals surface area contributed by atoms with Crippen molar-refractivity contribution in [3.8, 4) is 0 Å². The van der Waals surface area contributed by atoms with E-state index in [2.05, 4.69) is 18.7 Å². The number of anilines is 2. The quantitative estimate of drug-likeness (QED) is 0.247. The second-order valence-corrected chi connectivity index (χ2v) is 9.14. The Morgan fingerprint density at radius 3 is 2.11 bits per heavy atom. The predicted molar refractivity (Wildman–Crippen MR) is 142 cm³/mol. The largest absolute Gasteiger partial charge is 0.507 e. The zero-order valence-corrected chi connectivity index (χ0v) is 21.1. The van der Waals surface area contributed by atoms with E-state index >= 15 is 0 Å². The van der Waals surface area contributed by atoms with Crippen LogP contribution in [-0.4, -0.2) is 29.9 Å². The average Bonchev–Trinajstić information content (AvgIpc) is 3.12. The molecule has 1 aliphatic heterocycles. The maximum Gasteiger partial charge on any atom is 0.300 e. The lowest BCUT2D eigenvalue weighted by Crippen LogP contribution is -2.29. The molecular formula is C29H29ClN2O3. The number of aliphatic hydroxyl groups is 1. The summed E-state index contributed by atoms with van der Waals surface area (Å²) >= 11 is 6.02. The molecule has 0 spiro atoms. The van der Waals surface area contributed by atoms with Crippen molar-refractivity contribution in [2.24, 2.45) is 0 Å². The summed E-state index contributed by atoms with van der Waals surface area (Å²) in [6.45, 7) is 9.89. The monoisotopic (exact) mass is 488 g/mol. The number of benzene rings is 3. The highest BCUT2D eigenvalue weighted by molar-refractivity contribution is 6.51. The first-order chi connectivity index (χ1) is 16.8. The lowest BCUT2D eigenvalue weighted by molar-refractivity contribution is -0.132. The molecule has 5 nitrogen and oxygen atoms in total. The molecule has 1 saturated heterocycles. The fourth-order valence-corrected chi connectivity index (χ4v) is 4.64. The van der Waals surface area contributed by atoms with E-state index in [1.165, 1.54) is 4.90 Å². The van der Waals surface area contributed by atoms with Crippen LogP contribution in [0, 0.1) is 13.8 Å². The first kappa shape index (κ1) is 24.6. The van der Waals surface area contributed by atoms with Crippen LogP contribution < -0.4 is 9.80 Å². The maximum absolute atomic E-state index is 13.4. The highest BCUT2D eigenvalue weighted by Crippen LogP contribution is 2.43. The molecule has 1 N–H and O–H groups in total. The molecule has 0 aromatic heterocycles. The second kappa shape index (κ2) is 9.96. The molecule has 1 fully saturated rings. The molecule has 1 heterocycles. The lowest BCUT2D eigenvalue weighted by atomic mass is 9.94. The van der Waals surface area contributed by atoms with Crippen molar-refractivity contribution in [3.05, 3.63) is 99.6 Å².